The predicted molar refractivity (Wildman–Crippen MR) is 81.6 cm³/mol. The number of nitrogens with one attached hydrogen (secondary N) is 2. The average molecular weight is 295 g/mol. The minimum absolute atomic E-state index is 0.139. The summed E-state index contributed by atoms with van der Waals surface area (Å²) in [5.74, 6) is 1.55. The second-order valence-electron chi connectivity index (χ2n) is 5.41. The molecule has 0 unspecified atom stereocenters. The lowest BCUT2D eigenvalue weighted by Gasteiger charge is -2.31. The molecule has 0 amide bonds. The number of aliphatic hydroxyl groups is 1. The monoisotopic (exact) mass is 295 g/mol. The van der Waals surface area contributed by atoms with Gasteiger partial charge >= 0.3 is 6.01 Å². The maximum atomic E-state index is 9.30. The van der Waals surface area contributed by atoms with Crippen molar-refractivity contribution < 1.29 is 9.84 Å². The third-order valence-corrected chi connectivity index (χ3v) is 3.34. The van der Waals surface area contributed by atoms with E-state index in [1.807, 2.05) is 6.92 Å². The second-order valence-corrected chi connectivity index (χ2v) is 5.41. The van der Waals surface area contributed by atoms with Crippen LogP contribution in [-0.4, -0.2) is 45.9 Å². The Morgan fingerprint density at radius 2 is 1.81 bits per heavy atom. The molecule has 118 valence electrons. The number of nitrogens with zero attached hydrogens (tertiary/aromatic N) is 3. The quantitative estimate of drug-likeness (QED) is 0.638. The number of hydrogen-bond donors (Lipinski definition) is 3. The molecule has 0 radical (unpaired) electrons. The summed E-state index contributed by atoms with van der Waals surface area (Å²) in [4.78, 5) is 12.9. The van der Waals surface area contributed by atoms with Gasteiger partial charge in [0.2, 0.25) is 11.9 Å². The lowest BCUT2D eigenvalue weighted by atomic mass is 9.82. The molecule has 3 N–H and O–H groups in total. The van der Waals surface area contributed by atoms with Crippen molar-refractivity contribution in [3.05, 3.63) is 0 Å². The lowest BCUT2D eigenvalue weighted by Crippen LogP contribution is -2.33. The first-order valence-corrected chi connectivity index (χ1v) is 7.76. The molecule has 1 aliphatic carbocycles. The van der Waals surface area contributed by atoms with Gasteiger partial charge in [0, 0.05) is 13.1 Å². The summed E-state index contributed by atoms with van der Waals surface area (Å²) in [5, 5.41) is 15.7. The van der Waals surface area contributed by atoms with Crippen LogP contribution < -0.4 is 15.4 Å². The minimum atomic E-state index is -0.139. The molecule has 0 atom stereocenters. The Labute approximate surface area is 125 Å². The highest BCUT2D eigenvalue weighted by Crippen LogP contribution is 2.27. The Morgan fingerprint density at radius 1 is 1.10 bits per heavy atom. The summed E-state index contributed by atoms with van der Waals surface area (Å²) >= 11 is 0. The van der Waals surface area contributed by atoms with Crippen LogP contribution in [0.5, 0.6) is 6.01 Å². The van der Waals surface area contributed by atoms with E-state index in [-0.39, 0.29) is 6.10 Å². The van der Waals surface area contributed by atoms with Crippen molar-refractivity contribution in [3.63, 3.8) is 0 Å². The van der Waals surface area contributed by atoms with Crippen LogP contribution >= 0.6 is 0 Å². The molecule has 0 aliphatic heterocycles. The molecule has 1 heterocycles. The van der Waals surface area contributed by atoms with Crippen LogP contribution in [0.15, 0.2) is 0 Å². The van der Waals surface area contributed by atoms with E-state index >= 15 is 0 Å². The molecule has 0 saturated heterocycles. The standard InChI is InChI=1S/C14H25N5O2/c1-3-5-15-12-17-13(16-9-10-7-11(20)8-10)19-14(18-12)21-6-4-2/h10-11,20H,3-9H2,1-2H3,(H2,15,16,17,18,19). The first kappa shape index (κ1) is 15.8. The molecule has 1 saturated carbocycles. The van der Waals surface area contributed by atoms with Gasteiger partial charge in [0.15, 0.2) is 0 Å². The van der Waals surface area contributed by atoms with Gasteiger partial charge in [0.25, 0.3) is 0 Å². The largest absolute Gasteiger partial charge is 0.463 e. The normalized spacial score (nSPS) is 20.7. The highest BCUT2D eigenvalue weighted by Gasteiger charge is 2.26. The number of aromatic nitrogens is 3. The maximum absolute atomic E-state index is 9.30. The van der Waals surface area contributed by atoms with Gasteiger partial charge in [0.1, 0.15) is 0 Å². The summed E-state index contributed by atoms with van der Waals surface area (Å²) in [6.07, 6.45) is 3.46. The fourth-order valence-electron chi connectivity index (χ4n) is 2.11. The third-order valence-electron chi connectivity index (χ3n) is 3.34. The van der Waals surface area contributed by atoms with Gasteiger partial charge in [-0.1, -0.05) is 13.8 Å². The molecule has 1 aromatic heterocycles. The molecular weight excluding hydrogens is 270 g/mol. The molecule has 7 heteroatoms. The Hall–Kier alpha value is -1.63. The fourth-order valence-corrected chi connectivity index (χ4v) is 2.11. The summed E-state index contributed by atoms with van der Waals surface area (Å²) in [7, 11) is 0. The van der Waals surface area contributed by atoms with Crippen LogP contribution in [0.2, 0.25) is 0 Å². The maximum Gasteiger partial charge on any atom is 0.323 e. The highest BCUT2D eigenvalue weighted by atomic mass is 16.5. The molecule has 21 heavy (non-hydrogen) atoms. The van der Waals surface area contributed by atoms with Crippen molar-refractivity contribution in [1.29, 1.82) is 0 Å². The molecule has 2 rings (SSSR count). The van der Waals surface area contributed by atoms with Crippen molar-refractivity contribution in [2.45, 2.75) is 45.6 Å². The van der Waals surface area contributed by atoms with E-state index in [0.29, 0.717) is 30.4 Å². The molecule has 0 bridgehead atoms. The predicted octanol–water partition coefficient (Wildman–Crippen LogP) is 1.67. The Bertz CT molecular complexity index is 411. The van der Waals surface area contributed by atoms with Crippen LogP contribution in [0, 0.1) is 5.92 Å². The van der Waals surface area contributed by atoms with Gasteiger partial charge in [-0.05, 0) is 31.6 Å². The van der Waals surface area contributed by atoms with E-state index in [4.69, 9.17) is 4.74 Å². The van der Waals surface area contributed by atoms with Gasteiger partial charge in [-0.15, -0.1) is 0 Å². The van der Waals surface area contributed by atoms with Gasteiger partial charge in [-0.25, -0.2) is 0 Å². The van der Waals surface area contributed by atoms with Gasteiger partial charge in [0.05, 0.1) is 12.7 Å². The average Bonchev–Trinajstić information content (AvgIpc) is 2.46. The summed E-state index contributed by atoms with van der Waals surface area (Å²) < 4.78 is 5.50. The van der Waals surface area contributed by atoms with E-state index < -0.39 is 0 Å². The van der Waals surface area contributed by atoms with Crippen molar-refractivity contribution >= 4 is 11.9 Å². The van der Waals surface area contributed by atoms with E-state index in [9.17, 15) is 5.11 Å². The smallest absolute Gasteiger partial charge is 0.323 e. The number of anilines is 2. The summed E-state index contributed by atoms with van der Waals surface area (Å²) in [6.45, 7) is 6.29. The Kier molecular flexibility index (Phi) is 5.98. The molecule has 1 fully saturated rings. The van der Waals surface area contributed by atoms with Crippen molar-refractivity contribution in [2.24, 2.45) is 5.92 Å². The lowest BCUT2D eigenvalue weighted by molar-refractivity contribution is 0.0486. The van der Waals surface area contributed by atoms with Crippen LogP contribution in [0.4, 0.5) is 11.9 Å². The SMILES string of the molecule is CCCNc1nc(NCC2CC(O)C2)nc(OCCC)n1. The second kappa shape index (κ2) is 7.97. The topological polar surface area (TPSA) is 92.2 Å². The number of rotatable bonds is 9. The zero-order valence-electron chi connectivity index (χ0n) is 12.8. The Balaban J connectivity index is 1.95. The van der Waals surface area contributed by atoms with E-state index in [1.54, 1.807) is 0 Å². The van der Waals surface area contributed by atoms with Gasteiger partial charge < -0.3 is 20.5 Å². The summed E-state index contributed by atoms with van der Waals surface area (Å²) in [5.41, 5.74) is 0. The minimum Gasteiger partial charge on any atom is -0.463 e. The van der Waals surface area contributed by atoms with Gasteiger partial charge in [-0.3, -0.25) is 0 Å². The summed E-state index contributed by atoms with van der Waals surface area (Å²) in [6, 6.07) is 0.349. The molecule has 0 aromatic carbocycles. The van der Waals surface area contributed by atoms with E-state index in [1.165, 1.54) is 0 Å². The zero-order valence-corrected chi connectivity index (χ0v) is 12.8. The van der Waals surface area contributed by atoms with Crippen molar-refractivity contribution in [1.82, 2.24) is 15.0 Å². The molecular formula is C14H25N5O2. The third kappa shape index (κ3) is 5.00. The molecule has 1 aromatic rings. The van der Waals surface area contributed by atoms with Crippen LogP contribution in [0.25, 0.3) is 0 Å². The Morgan fingerprint density at radius 3 is 2.43 bits per heavy atom. The van der Waals surface area contributed by atoms with Crippen LogP contribution in [0.3, 0.4) is 0 Å². The van der Waals surface area contributed by atoms with Crippen molar-refractivity contribution in [2.75, 3.05) is 30.3 Å². The molecule has 0 spiro atoms. The van der Waals surface area contributed by atoms with Gasteiger partial charge in [-0.2, -0.15) is 15.0 Å². The first-order chi connectivity index (χ1) is 10.2. The highest BCUT2D eigenvalue weighted by molar-refractivity contribution is 5.35. The fraction of sp³-hybridized carbons (Fsp3) is 0.786. The number of ether oxygens (including phenoxy) is 1. The van der Waals surface area contributed by atoms with Crippen molar-refractivity contribution in [3.8, 4) is 6.01 Å². The van der Waals surface area contributed by atoms with E-state index in [0.717, 1.165) is 38.8 Å². The molecule has 1 aliphatic rings. The van der Waals surface area contributed by atoms with Crippen LogP contribution in [0.1, 0.15) is 39.5 Å². The van der Waals surface area contributed by atoms with Crippen LogP contribution in [-0.2, 0) is 0 Å². The number of hydrogen-bond acceptors (Lipinski definition) is 7. The zero-order chi connectivity index (χ0) is 15.1. The van der Waals surface area contributed by atoms with E-state index in [2.05, 4.69) is 32.5 Å². The number of aliphatic hydroxyl groups excluding tert-OH is 1. The molecule has 7 nitrogen and oxygen atoms in total. The first-order valence-electron chi connectivity index (χ1n) is 7.76.